The average molecular weight is 719 g/mol. The predicted octanol–water partition coefficient (Wildman–Crippen LogP) is 7.73. The Bertz CT molecular complexity index is 1720. The number of carbonyl (C=O) groups excluding carboxylic acids is 5. The second-order valence-electron chi connectivity index (χ2n) is 15.5. The summed E-state index contributed by atoms with van der Waals surface area (Å²) in [5.41, 5.74) is 1.68. The van der Waals surface area contributed by atoms with Crippen LogP contribution < -0.4 is 14.2 Å². The van der Waals surface area contributed by atoms with Crippen molar-refractivity contribution in [2.75, 3.05) is 19.8 Å². The summed E-state index contributed by atoms with van der Waals surface area (Å²) in [6, 6.07) is 10.4. The Morgan fingerprint density at radius 2 is 0.712 bits per heavy atom. The fraction of sp³-hybridized carbons (Fsp3) is 0.439. The van der Waals surface area contributed by atoms with Gasteiger partial charge in [0.05, 0.1) is 11.1 Å². The topological polar surface area (TPSA) is 141 Å². The third-order valence-corrected chi connectivity index (χ3v) is 6.85. The SMILES string of the molecule is Cc1cc(C=O)c(OCC(=O)OC(C)(C)C)c(-c2cc(C)cc(-c3cc(C)cc(C=O)c3OCC(=O)OC(C)(C)C)c2OCC(=O)OC(C)(C)C)c1. The minimum atomic E-state index is -0.796. The third-order valence-electron chi connectivity index (χ3n) is 6.85. The molecule has 0 N–H and O–H groups in total. The van der Waals surface area contributed by atoms with Gasteiger partial charge in [0.25, 0.3) is 0 Å². The zero-order chi connectivity index (χ0) is 39.2. The first kappa shape index (κ1) is 41.2. The van der Waals surface area contributed by atoms with E-state index in [1.807, 2.05) is 6.92 Å². The van der Waals surface area contributed by atoms with E-state index >= 15 is 0 Å². The van der Waals surface area contributed by atoms with E-state index in [-0.39, 0.29) is 28.4 Å². The lowest BCUT2D eigenvalue weighted by molar-refractivity contribution is -0.158. The van der Waals surface area contributed by atoms with Crippen LogP contribution in [0.2, 0.25) is 0 Å². The van der Waals surface area contributed by atoms with Crippen molar-refractivity contribution >= 4 is 30.5 Å². The maximum absolute atomic E-state index is 13.0. The number of esters is 3. The van der Waals surface area contributed by atoms with Crippen LogP contribution in [-0.2, 0) is 28.6 Å². The van der Waals surface area contributed by atoms with Crippen LogP contribution in [0.4, 0.5) is 0 Å². The maximum atomic E-state index is 13.0. The van der Waals surface area contributed by atoms with Crippen molar-refractivity contribution in [3.63, 3.8) is 0 Å². The van der Waals surface area contributed by atoms with Crippen molar-refractivity contribution < 1.29 is 52.4 Å². The molecule has 0 heterocycles. The van der Waals surface area contributed by atoms with Crippen molar-refractivity contribution in [2.45, 2.75) is 99.9 Å². The molecule has 52 heavy (non-hydrogen) atoms. The minimum absolute atomic E-state index is 0.0874. The molecule has 0 spiro atoms. The van der Waals surface area contributed by atoms with Crippen molar-refractivity contribution in [1.29, 1.82) is 0 Å². The van der Waals surface area contributed by atoms with E-state index in [2.05, 4.69) is 0 Å². The molecule has 0 aliphatic carbocycles. The van der Waals surface area contributed by atoms with Gasteiger partial charge in [-0.2, -0.15) is 0 Å². The first-order valence-electron chi connectivity index (χ1n) is 16.9. The number of aldehydes is 2. The molecule has 0 bridgehead atoms. The van der Waals surface area contributed by atoms with Crippen LogP contribution in [0.25, 0.3) is 22.3 Å². The van der Waals surface area contributed by atoms with Gasteiger partial charge < -0.3 is 28.4 Å². The number of aryl methyl sites for hydroxylation is 3. The molecule has 0 aliphatic heterocycles. The number of carbonyl (C=O) groups is 5. The summed E-state index contributed by atoms with van der Waals surface area (Å²) >= 11 is 0. The molecule has 0 aromatic heterocycles. The van der Waals surface area contributed by atoms with Crippen LogP contribution in [0.5, 0.6) is 17.2 Å². The molecule has 0 saturated heterocycles. The summed E-state index contributed by atoms with van der Waals surface area (Å²) < 4.78 is 34.8. The van der Waals surface area contributed by atoms with Gasteiger partial charge in [0.15, 0.2) is 32.4 Å². The van der Waals surface area contributed by atoms with Crippen molar-refractivity contribution in [3.8, 4) is 39.5 Å². The van der Waals surface area contributed by atoms with Crippen LogP contribution in [-0.4, -0.2) is 67.1 Å². The first-order chi connectivity index (χ1) is 24.0. The standard InChI is InChI=1S/C41H50O11/c1-24-13-27(19-42)36(47-21-33(44)50-39(4,5)6)29(15-24)31-17-26(3)18-32(38(31)49-23-35(46)52-41(10,11)12)30-16-25(2)14-28(20-43)37(30)48-22-34(45)51-40(7,8)9/h13-20H,21-23H2,1-12H3. The molecule has 0 amide bonds. The van der Waals surface area contributed by atoms with Gasteiger partial charge >= 0.3 is 17.9 Å². The highest BCUT2D eigenvalue weighted by Gasteiger charge is 2.27. The summed E-state index contributed by atoms with van der Waals surface area (Å²) in [6.45, 7) is 19.5. The highest BCUT2D eigenvalue weighted by molar-refractivity contribution is 5.95. The Morgan fingerprint density at radius 3 is 0.981 bits per heavy atom. The second kappa shape index (κ2) is 16.4. The van der Waals surface area contributed by atoms with Gasteiger partial charge in [-0.1, -0.05) is 0 Å². The molecule has 0 unspecified atom stereocenters. The lowest BCUT2D eigenvalue weighted by atomic mass is 9.90. The molecule has 11 heteroatoms. The zero-order valence-corrected chi connectivity index (χ0v) is 32.2. The molecule has 280 valence electrons. The summed E-state index contributed by atoms with van der Waals surface area (Å²) in [5.74, 6) is -1.60. The van der Waals surface area contributed by atoms with E-state index in [9.17, 15) is 24.0 Å². The smallest absolute Gasteiger partial charge is 0.344 e. The summed E-state index contributed by atoms with van der Waals surface area (Å²) in [5, 5.41) is 0. The van der Waals surface area contributed by atoms with E-state index < -0.39 is 54.5 Å². The highest BCUT2D eigenvalue weighted by atomic mass is 16.6. The largest absolute Gasteiger partial charge is 0.481 e. The van der Waals surface area contributed by atoms with E-state index in [4.69, 9.17) is 28.4 Å². The third kappa shape index (κ3) is 12.0. The van der Waals surface area contributed by atoms with E-state index in [0.717, 1.165) is 0 Å². The summed E-state index contributed by atoms with van der Waals surface area (Å²) in [4.78, 5) is 63.3. The molecule has 0 radical (unpaired) electrons. The maximum Gasteiger partial charge on any atom is 0.344 e. The van der Waals surface area contributed by atoms with Crippen LogP contribution in [0.15, 0.2) is 36.4 Å². The van der Waals surface area contributed by atoms with Crippen LogP contribution >= 0.6 is 0 Å². The first-order valence-corrected chi connectivity index (χ1v) is 16.9. The Hall–Kier alpha value is -5.19. The minimum Gasteiger partial charge on any atom is -0.481 e. The number of hydrogen-bond donors (Lipinski definition) is 0. The zero-order valence-electron chi connectivity index (χ0n) is 32.2. The molecule has 0 fully saturated rings. The molecular formula is C41H50O11. The van der Waals surface area contributed by atoms with E-state index in [1.165, 1.54) is 0 Å². The van der Waals surface area contributed by atoms with Crippen molar-refractivity contribution in [1.82, 2.24) is 0 Å². The second-order valence-corrected chi connectivity index (χ2v) is 15.5. The average Bonchev–Trinajstić information content (AvgIpc) is 2.99. The summed E-state index contributed by atoms with van der Waals surface area (Å²) in [7, 11) is 0. The van der Waals surface area contributed by atoms with Gasteiger partial charge in [-0.25, -0.2) is 14.4 Å². The Morgan fingerprint density at radius 1 is 0.462 bits per heavy atom. The highest BCUT2D eigenvalue weighted by Crippen LogP contribution is 2.47. The summed E-state index contributed by atoms with van der Waals surface area (Å²) in [6.07, 6.45) is 1.25. The van der Waals surface area contributed by atoms with Gasteiger partial charge in [-0.3, -0.25) is 9.59 Å². The van der Waals surface area contributed by atoms with Gasteiger partial charge in [0.2, 0.25) is 0 Å². The molecule has 0 saturated carbocycles. The van der Waals surface area contributed by atoms with Crippen molar-refractivity contribution in [2.24, 2.45) is 0 Å². The Kier molecular flexibility index (Phi) is 13.0. The number of rotatable bonds is 13. The van der Waals surface area contributed by atoms with Crippen LogP contribution in [0.1, 0.15) is 99.7 Å². The van der Waals surface area contributed by atoms with E-state index in [0.29, 0.717) is 51.5 Å². The quantitative estimate of drug-likeness (QED) is 0.0974. The number of benzene rings is 3. The Balaban J connectivity index is 2.36. The molecule has 0 aliphatic rings. The predicted molar refractivity (Wildman–Crippen MR) is 196 cm³/mol. The van der Waals surface area contributed by atoms with Gasteiger partial charge in [-0.05, 0) is 136 Å². The fourth-order valence-electron chi connectivity index (χ4n) is 5.33. The van der Waals surface area contributed by atoms with Crippen molar-refractivity contribution in [3.05, 3.63) is 64.2 Å². The van der Waals surface area contributed by atoms with Gasteiger partial charge in [-0.15, -0.1) is 0 Å². The normalized spacial score (nSPS) is 11.7. The monoisotopic (exact) mass is 718 g/mol. The molecule has 3 aromatic rings. The lowest BCUT2D eigenvalue weighted by Gasteiger charge is -2.24. The lowest BCUT2D eigenvalue weighted by Crippen LogP contribution is -2.28. The number of ether oxygens (including phenoxy) is 6. The molecule has 0 atom stereocenters. The fourth-order valence-corrected chi connectivity index (χ4v) is 5.33. The van der Waals surface area contributed by atoms with Gasteiger partial charge in [0, 0.05) is 22.3 Å². The van der Waals surface area contributed by atoms with E-state index in [1.54, 1.807) is 113 Å². The number of hydrogen-bond acceptors (Lipinski definition) is 11. The Labute approximate surface area is 305 Å². The molecule has 3 aromatic carbocycles. The molecule has 3 rings (SSSR count). The molecular weight excluding hydrogens is 668 g/mol. The molecule has 11 nitrogen and oxygen atoms in total. The van der Waals surface area contributed by atoms with Crippen LogP contribution in [0.3, 0.4) is 0 Å². The van der Waals surface area contributed by atoms with Gasteiger partial charge in [0.1, 0.15) is 34.1 Å². The van der Waals surface area contributed by atoms with Crippen LogP contribution in [0, 0.1) is 20.8 Å².